The number of esters is 1. The van der Waals surface area contributed by atoms with E-state index < -0.39 is 16.0 Å². The SMILES string of the molecule is CN(C)S(=O)(=O)c1ccc(N2CCOCC2)c(C(=O)Oc2ccccc2Cl)c1. The molecule has 0 bridgehead atoms. The molecule has 0 aromatic heterocycles. The summed E-state index contributed by atoms with van der Waals surface area (Å²) in [5, 5.41) is 0.292. The van der Waals surface area contributed by atoms with Gasteiger partial charge < -0.3 is 14.4 Å². The molecule has 0 N–H and O–H groups in total. The molecule has 1 heterocycles. The van der Waals surface area contributed by atoms with Gasteiger partial charge in [-0.05, 0) is 30.3 Å². The molecular formula is C19H21ClN2O5S. The van der Waals surface area contributed by atoms with Crippen LogP contribution in [-0.2, 0) is 14.8 Å². The summed E-state index contributed by atoms with van der Waals surface area (Å²) in [6.45, 7) is 2.23. The van der Waals surface area contributed by atoms with Crippen molar-refractivity contribution in [1.82, 2.24) is 4.31 Å². The zero-order valence-electron chi connectivity index (χ0n) is 15.6. The summed E-state index contributed by atoms with van der Waals surface area (Å²) >= 11 is 6.08. The van der Waals surface area contributed by atoms with E-state index in [0.717, 1.165) is 4.31 Å². The first-order valence-corrected chi connectivity index (χ1v) is 10.5. The topological polar surface area (TPSA) is 76.2 Å². The average molecular weight is 425 g/mol. The Morgan fingerprint density at radius 3 is 2.46 bits per heavy atom. The highest BCUT2D eigenvalue weighted by Crippen LogP contribution is 2.29. The number of halogens is 1. The van der Waals surface area contributed by atoms with Crippen LogP contribution < -0.4 is 9.64 Å². The van der Waals surface area contributed by atoms with E-state index in [2.05, 4.69) is 0 Å². The van der Waals surface area contributed by atoms with Gasteiger partial charge in [0.2, 0.25) is 10.0 Å². The lowest BCUT2D eigenvalue weighted by Crippen LogP contribution is -2.37. The van der Waals surface area contributed by atoms with Crippen molar-refractivity contribution in [2.24, 2.45) is 0 Å². The fourth-order valence-corrected chi connectivity index (χ4v) is 3.92. The Balaban J connectivity index is 2.03. The van der Waals surface area contributed by atoms with E-state index in [9.17, 15) is 13.2 Å². The van der Waals surface area contributed by atoms with Crippen LogP contribution in [0.25, 0.3) is 0 Å². The molecule has 0 spiro atoms. The zero-order chi connectivity index (χ0) is 20.3. The monoisotopic (exact) mass is 424 g/mol. The summed E-state index contributed by atoms with van der Waals surface area (Å²) in [7, 11) is -0.830. The molecule has 0 radical (unpaired) electrons. The van der Waals surface area contributed by atoms with Crippen molar-refractivity contribution in [2.75, 3.05) is 45.3 Å². The zero-order valence-corrected chi connectivity index (χ0v) is 17.2. The van der Waals surface area contributed by atoms with Crippen LogP contribution in [0.1, 0.15) is 10.4 Å². The van der Waals surface area contributed by atoms with Crippen molar-refractivity contribution in [3.8, 4) is 5.75 Å². The lowest BCUT2D eigenvalue weighted by atomic mass is 10.1. The largest absolute Gasteiger partial charge is 0.421 e. The quantitative estimate of drug-likeness (QED) is 0.542. The molecule has 1 saturated heterocycles. The molecule has 150 valence electrons. The molecule has 0 aliphatic carbocycles. The predicted molar refractivity (Wildman–Crippen MR) is 107 cm³/mol. The van der Waals surface area contributed by atoms with Gasteiger partial charge in [0.1, 0.15) is 5.75 Å². The number of ether oxygens (including phenoxy) is 2. The van der Waals surface area contributed by atoms with Gasteiger partial charge in [0.15, 0.2) is 0 Å². The third-order valence-electron chi connectivity index (χ3n) is 4.36. The standard InChI is InChI=1S/C19H21ClN2O5S/c1-21(2)28(24,25)14-7-8-17(22-9-11-26-12-10-22)15(13-14)19(23)27-18-6-4-3-5-16(18)20/h3-8,13H,9-12H2,1-2H3. The predicted octanol–water partition coefficient (Wildman–Crippen LogP) is 2.65. The van der Waals surface area contributed by atoms with Crippen molar-refractivity contribution in [3.05, 3.63) is 53.1 Å². The maximum Gasteiger partial charge on any atom is 0.345 e. The number of anilines is 1. The lowest BCUT2D eigenvalue weighted by Gasteiger charge is -2.30. The first-order chi connectivity index (χ1) is 13.3. The molecule has 1 fully saturated rings. The molecule has 2 aromatic carbocycles. The van der Waals surface area contributed by atoms with E-state index in [-0.39, 0.29) is 16.2 Å². The Kier molecular flexibility index (Phi) is 6.24. The van der Waals surface area contributed by atoms with E-state index >= 15 is 0 Å². The summed E-state index contributed by atoms with van der Waals surface area (Å²) in [5.74, 6) is -0.464. The number of carbonyl (C=O) groups excluding carboxylic acids is 1. The first-order valence-electron chi connectivity index (χ1n) is 8.66. The van der Waals surface area contributed by atoms with Crippen LogP contribution in [0.4, 0.5) is 5.69 Å². The van der Waals surface area contributed by atoms with Gasteiger partial charge in [-0.15, -0.1) is 0 Å². The average Bonchev–Trinajstić information content (AvgIpc) is 2.69. The summed E-state index contributed by atoms with van der Waals surface area (Å²) in [6.07, 6.45) is 0. The minimum Gasteiger partial charge on any atom is -0.421 e. The molecule has 0 atom stereocenters. The molecule has 0 unspecified atom stereocenters. The molecule has 0 saturated carbocycles. The molecule has 0 amide bonds. The minimum atomic E-state index is -3.71. The summed E-state index contributed by atoms with van der Waals surface area (Å²) in [6, 6.07) is 11.1. The molecule has 3 rings (SSSR count). The van der Waals surface area contributed by atoms with Gasteiger partial charge in [-0.25, -0.2) is 17.5 Å². The normalized spacial score (nSPS) is 14.9. The molecule has 28 heavy (non-hydrogen) atoms. The molecule has 1 aliphatic heterocycles. The molecule has 2 aromatic rings. The van der Waals surface area contributed by atoms with Crippen LogP contribution in [0.5, 0.6) is 5.75 Å². The van der Waals surface area contributed by atoms with E-state index in [1.807, 2.05) is 4.90 Å². The van der Waals surface area contributed by atoms with Crippen LogP contribution in [0.3, 0.4) is 0 Å². The number of para-hydroxylation sites is 1. The van der Waals surface area contributed by atoms with Gasteiger partial charge >= 0.3 is 5.97 Å². The Hall–Kier alpha value is -2.13. The van der Waals surface area contributed by atoms with E-state index in [1.165, 1.54) is 26.2 Å². The number of hydrogen-bond acceptors (Lipinski definition) is 6. The van der Waals surface area contributed by atoms with Crippen LogP contribution in [-0.4, -0.2) is 59.1 Å². The number of carbonyl (C=O) groups is 1. The number of benzene rings is 2. The molecule has 9 heteroatoms. The minimum absolute atomic E-state index is 0.0145. The van der Waals surface area contributed by atoms with Gasteiger partial charge in [-0.2, -0.15) is 0 Å². The van der Waals surface area contributed by atoms with Crippen molar-refractivity contribution >= 4 is 33.3 Å². The van der Waals surface area contributed by atoms with E-state index in [0.29, 0.717) is 37.0 Å². The Morgan fingerprint density at radius 1 is 1.14 bits per heavy atom. The van der Waals surface area contributed by atoms with Gasteiger partial charge in [0, 0.05) is 27.2 Å². The Bertz CT molecular complexity index is 972. The van der Waals surface area contributed by atoms with Crippen LogP contribution in [0.15, 0.2) is 47.4 Å². The smallest absolute Gasteiger partial charge is 0.345 e. The number of nitrogens with zero attached hydrogens (tertiary/aromatic N) is 2. The fraction of sp³-hybridized carbons (Fsp3) is 0.316. The maximum atomic E-state index is 12.9. The first kappa shape index (κ1) is 20.6. The highest BCUT2D eigenvalue weighted by molar-refractivity contribution is 7.89. The second-order valence-electron chi connectivity index (χ2n) is 6.39. The van der Waals surface area contributed by atoms with Crippen LogP contribution in [0.2, 0.25) is 5.02 Å². The summed E-state index contributed by atoms with van der Waals surface area (Å²) in [5.41, 5.74) is 0.753. The Labute approximate surface area is 169 Å². The van der Waals surface area contributed by atoms with Gasteiger partial charge in [0.25, 0.3) is 0 Å². The lowest BCUT2D eigenvalue weighted by molar-refractivity contribution is 0.0734. The number of morpholine rings is 1. The second kappa shape index (κ2) is 8.48. The third kappa shape index (κ3) is 4.30. The molecule has 1 aliphatic rings. The third-order valence-corrected chi connectivity index (χ3v) is 6.48. The van der Waals surface area contributed by atoms with E-state index in [4.69, 9.17) is 21.1 Å². The molecular weight excluding hydrogens is 404 g/mol. The van der Waals surface area contributed by atoms with E-state index in [1.54, 1.807) is 30.3 Å². The second-order valence-corrected chi connectivity index (χ2v) is 8.94. The van der Waals surface area contributed by atoms with Gasteiger partial charge in [-0.3, -0.25) is 0 Å². The van der Waals surface area contributed by atoms with Crippen molar-refractivity contribution < 1.29 is 22.7 Å². The van der Waals surface area contributed by atoms with Crippen LogP contribution >= 0.6 is 11.6 Å². The number of rotatable bonds is 5. The van der Waals surface area contributed by atoms with Gasteiger partial charge in [-0.1, -0.05) is 23.7 Å². The number of sulfonamides is 1. The summed E-state index contributed by atoms with van der Waals surface area (Å²) < 4.78 is 37.0. The highest BCUT2D eigenvalue weighted by atomic mass is 35.5. The fourth-order valence-electron chi connectivity index (χ4n) is 2.81. The highest BCUT2D eigenvalue weighted by Gasteiger charge is 2.25. The van der Waals surface area contributed by atoms with Gasteiger partial charge in [0.05, 0.1) is 34.4 Å². The Morgan fingerprint density at radius 2 is 1.82 bits per heavy atom. The summed E-state index contributed by atoms with van der Waals surface area (Å²) in [4.78, 5) is 14.9. The van der Waals surface area contributed by atoms with Crippen molar-refractivity contribution in [2.45, 2.75) is 4.90 Å². The van der Waals surface area contributed by atoms with Crippen molar-refractivity contribution in [1.29, 1.82) is 0 Å². The van der Waals surface area contributed by atoms with Crippen molar-refractivity contribution in [3.63, 3.8) is 0 Å². The molecule has 7 nitrogen and oxygen atoms in total. The number of hydrogen-bond donors (Lipinski definition) is 0. The maximum absolute atomic E-state index is 12.9. The van der Waals surface area contributed by atoms with Crippen LogP contribution in [0, 0.1) is 0 Å².